The van der Waals surface area contributed by atoms with E-state index >= 15 is 0 Å². The maximum atomic E-state index is 5.97. The summed E-state index contributed by atoms with van der Waals surface area (Å²) in [4.78, 5) is 0. The zero-order valence-corrected chi connectivity index (χ0v) is 9.49. The number of benzene rings is 1. The van der Waals surface area contributed by atoms with Crippen molar-refractivity contribution < 1.29 is 4.74 Å². The molecule has 82 valence electrons. The number of ether oxygens (including phenoxy) is 1. The van der Waals surface area contributed by atoms with E-state index in [2.05, 4.69) is 19.1 Å². The first-order valence-corrected chi connectivity index (χ1v) is 5.62. The van der Waals surface area contributed by atoms with Crippen molar-refractivity contribution in [1.29, 1.82) is 0 Å². The summed E-state index contributed by atoms with van der Waals surface area (Å²) < 4.78 is 5.40. The van der Waals surface area contributed by atoms with Gasteiger partial charge in [-0.2, -0.15) is 0 Å². The fraction of sp³-hybridized carbons (Fsp3) is 0.538. The molecule has 0 fully saturated rings. The van der Waals surface area contributed by atoms with E-state index in [1.165, 1.54) is 17.5 Å². The quantitative estimate of drug-likeness (QED) is 0.803. The summed E-state index contributed by atoms with van der Waals surface area (Å²) in [7, 11) is 1.74. The van der Waals surface area contributed by atoms with E-state index in [1.807, 2.05) is 6.07 Å². The van der Waals surface area contributed by atoms with E-state index < -0.39 is 0 Å². The van der Waals surface area contributed by atoms with Gasteiger partial charge in [-0.25, -0.2) is 0 Å². The Hall–Kier alpha value is -1.02. The lowest BCUT2D eigenvalue weighted by molar-refractivity contribution is 0.367. The van der Waals surface area contributed by atoms with E-state index in [4.69, 9.17) is 10.5 Å². The summed E-state index contributed by atoms with van der Waals surface area (Å²) in [5, 5.41) is 0. The molecule has 1 aliphatic rings. The topological polar surface area (TPSA) is 35.2 Å². The van der Waals surface area contributed by atoms with Crippen molar-refractivity contribution in [3.8, 4) is 5.75 Å². The van der Waals surface area contributed by atoms with Crippen molar-refractivity contribution in [1.82, 2.24) is 0 Å². The predicted octanol–water partition coefficient (Wildman–Crippen LogP) is 2.15. The van der Waals surface area contributed by atoms with Gasteiger partial charge in [0.25, 0.3) is 0 Å². The summed E-state index contributed by atoms with van der Waals surface area (Å²) in [5.41, 5.74) is 8.78. The van der Waals surface area contributed by atoms with Crippen LogP contribution in [0.3, 0.4) is 0 Å². The van der Waals surface area contributed by atoms with Gasteiger partial charge in [0.2, 0.25) is 0 Å². The summed E-state index contributed by atoms with van der Waals surface area (Å²) in [6, 6.07) is 6.60. The minimum Gasteiger partial charge on any atom is -0.496 e. The van der Waals surface area contributed by atoms with Crippen LogP contribution in [0.15, 0.2) is 18.2 Å². The van der Waals surface area contributed by atoms with Crippen LogP contribution in [0, 0.1) is 5.92 Å². The van der Waals surface area contributed by atoms with Gasteiger partial charge in [-0.3, -0.25) is 0 Å². The second kappa shape index (κ2) is 4.23. The lowest BCUT2D eigenvalue weighted by Crippen LogP contribution is -2.31. The highest BCUT2D eigenvalue weighted by Gasteiger charge is 2.23. The summed E-state index contributed by atoms with van der Waals surface area (Å²) in [5.74, 6) is 1.63. The number of fused-ring (bicyclic) bond motifs is 1. The Kier molecular flexibility index (Phi) is 2.96. The first-order valence-electron chi connectivity index (χ1n) is 5.62. The van der Waals surface area contributed by atoms with Crippen molar-refractivity contribution in [3.05, 3.63) is 29.3 Å². The molecule has 2 atom stereocenters. The molecule has 0 aliphatic heterocycles. The first-order chi connectivity index (χ1) is 7.22. The largest absolute Gasteiger partial charge is 0.496 e. The lowest BCUT2D eigenvalue weighted by Gasteiger charge is -2.28. The summed E-state index contributed by atoms with van der Waals surface area (Å²) in [6.45, 7) is 2.10. The van der Waals surface area contributed by atoms with Gasteiger partial charge in [0, 0.05) is 6.04 Å². The number of hydrogen-bond acceptors (Lipinski definition) is 2. The lowest BCUT2D eigenvalue weighted by atomic mass is 9.80. The van der Waals surface area contributed by atoms with Crippen LogP contribution in [0.2, 0.25) is 0 Å². The van der Waals surface area contributed by atoms with Crippen LogP contribution >= 0.6 is 0 Å². The van der Waals surface area contributed by atoms with Gasteiger partial charge < -0.3 is 10.5 Å². The van der Waals surface area contributed by atoms with Crippen LogP contribution in [-0.4, -0.2) is 13.2 Å². The molecule has 0 aromatic heterocycles. The van der Waals surface area contributed by atoms with Gasteiger partial charge in [0.15, 0.2) is 0 Å². The monoisotopic (exact) mass is 205 g/mol. The minimum absolute atomic E-state index is 0.281. The second-order valence-corrected chi connectivity index (χ2v) is 4.46. The van der Waals surface area contributed by atoms with Crippen LogP contribution in [-0.2, 0) is 12.8 Å². The van der Waals surface area contributed by atoms with Gasteiger partial charge in [0.05, 0.1) is 7.11 Å². The maximum Gasteiger partial charge on any atom is 0.122 e. The molecule has 0 radical (unpaired) electrons. The molecule has 2 unspecified atom stereocenters. The third-order valence-corrected chi connectivity index (χ3v) is 3.44. The van der Waals surface area contributed by atoms with E-state index in [0.717, 1.165) is 18.6 Å². The molecule has 0 saturated heterocycles. The normalized spacial score (nSPS) is 21.9. The van der Waals surface area contributed by atoms with Crippen molar-refractivity contribution in [3.63, 3.8) is 0 Å². The average molecular weight is 205 g/mol. The van der Waals surface area contributed by atoms with E-state index in [0.29, 0.717) is 5.92 Å². The Morgan fingerprint density at radius 3 is 2.93 bits per heavy atom. The molecule has 0 saturated carbocycles. The Bertz CT molecular complexity index is 332. The molecular weight excluding hydrogens is 186 g/mol. The van der Waals surface area contributed by atoms with Crippen LogP contribution in [0.25, 0.3) is 0 Å². The summed E-state index contributed by atoms with van der Waals surface area (Å²) >= 11 is 0. The van der Waals surface area contributed by atoms with Crippen LogP contribution in [0.4, 0.5) is 0 Å². The third kappa shape index (κ3) is 2.00. The minimum atomic E-state index is 0.281. The Balaban J connectivity index is 2.30. The summed E-state index contributed by atoms with van der Waals surface area (Å²) in [6.07, 6.45) is 3.41. The van der Waals surface area contributed by atoms with Gasteiger partial charge in [0.1, 0.15) is 5.75 Å². The highest BCUT2D eigenvalue weighted by Crippen LogP contribution is 2.32. The Labute approximate surface area is 91.4 Å². The number of nitrogens with two attached hydrogens (primary N) is 1. The number of methoxy groups -OCH3 is 1. The zero-order valence-electron chi connectivity index (χ0n) is 9.49. The van der Waals surface area contributed by atoms with E-state index in [9.17, 15) is 0 Å². The number of aryl methyl sites for hydroxylation is 1. The Morgan fingerprint density at radius 2 is 2.27 bits per heavy atom. The van der Waals surface area contributed by atoms with Gasteiger partial charge in [-0.15, -0.1) is 0 Å². The molecule has 2 heteroatoms. The van der Waals surface area contributed by atoms with Gasteiger partial charge in [-0.1, -0.05) is 12.1 Å². The van der Waals surface area contributed by atoms with E-state index in [-0.39, 0.29) is 6.04 Å². The third-order valence-electron chi connectivity index (χ3n) is 3.44. The molecule has 1 aliphatic carbocycles. The molecular formula is C13H19NO. The molecule has 15 heavy (non-hydrogen) atoms. The molecule has 0 heterocycles. The Morgan fingerprint density at radius 1 is 1.47 bits per heavy atom. The molecule has 0 spiro atoms. The highest BCUT2D eigenvalue weighted by atomic mass is 16.5. The SMILES string of the molecule is COc1cccc2c1CC(C(C)N)CC2. The number of hydrogen-bond donors (Lipinski definition) is 1. The molecule has 1 aromatic rings. The molecule has 2 N–H and O–H groups in total. The zero-order chi connectivity index (χ0) is 10.8. The van der Waals surface area contributed by atoms with Gasteiger partial charge in [-0.05, 0) is 49.3 Å². The fourth-order valence-corrected chi connectivity index (χ4v) is 2.42. The van der Waals surface area contributed by atoms with Crippen LogP contribution in [0.1, 0.15) is 24.5 Å². The molecule has 2 rings (SSSR count). The first kappa shape index (κ1) is 10.5. The maximum absolute atomic E-state index is 5.97. The smallest absolute Gasteiger partial charge is 0.122 e. The molecule has 1 aromatic carbocycles. The standard InChI is InChI=1S/C13H19NO/c1-9(14)11-7-6-10-4-3-5-13(15-2)12(10)8-11/h3-5,9,11H,6-8,14H2,1-2H3. The highest BCUT2D eigenvalue weighted by molar-refractivity contribution is 5.42. The molecule has 2 nitrogen and oxygen atoms in total. The van der Waals surface area contributed by atoms with Crippen molar-refractivity contribution >= 4 is 0 Å². The van der Waals surface area contributed by atoms with Crippen LogP contribution < -0.4 is 10.5 Å². The van der Waals surface area contributed by atoms with E-state index in [1.54, 1.807) is 7.11 Å². The average Bonchev–Trinajstić information content (AvgIpc) is 2.27. The van der Waals surface area contributed by atoms with Crippen molar-refractivity contribution in [2.75, 3.05) is 7.11 Å². The second-order valence-electron chi connectivity index (χ2n) is 4.46. The predicted molar refractivity (Wildman–Crippen MR) is 62.2 cm³/mol. The van der Waals surface area contributed by atoms with Gasteiger partial charge >= 0.3 is 0 Å². The molecule has 0 bridgehead atoms. The molecule has 0 amide bonds. The number of rotatable bonds is 2. The van der Waals surface area contributed by atoms with Crippen molar-refractivity contribution in [2.24, 2.45) is 11.7 Å². The van der Waals surface area contributed by atoms with Crippen molar-refractivity contribution in [2.45, 2.75) is 32.2 Å². The van der Waals surface area contributed by atoms with Crippen LogP contribution in [0.5, 0.6) is 5.75 Å². The fourth-order valence-electron chi connectivity index (χ4n) is 2.42.